The third kappa shape index (κ3) is 5.77. The molecule has 3 aliphatic rings. The van der Waals surface area contributed by atoms with Gasteiger partial charge in [0.2, 0.25) is 0 Å². The van der Waals surface area contributed by atoms with Crippen molar-refractivity contribution < 1.29 is 57.9 Å². The zero-order valence-corrected chi connectivity index (χ0v) is 24.4. The van der Waals surface area contributed by atoms with Crippen LogP contribution in [-0.4, -0.2) is 87.7 Å². The van der Waals surface area contributed by atoms with Crippen molar-refractivity contribution in [3.8, 4) is 0 Å². The number of hydrogen-bond donors (Lipinski definition) is 2. The Labute approximate surface area is 242 Å². The summed E-state index contributed by atoms with van der Waals surface area (Å²) >= 11 is 6.68. The Hall–Kier alpha value is -3.22. The fourth-order valence-corrected chi connectivity index (χ4v) is 6.29. The summed E-state index contributed by atoms with van der Waals surface area (Å²) in [5, 5.41) is 23.6. The van der Waals surface area contributed by atoms with Gasteiger partial charge in [-0.15, -0.1) is 11.6 Å². The Morgan fingerprint density at radius 1 is 0.976 bits per heavy atom. The van der Waals surface area contributed by atoms with Crippen molar-refractivity contribution in [2.45, 2.75) is 82.5 Å². The molecule has 0 spiro atoms. The first-order valence-electron chi connectivity index (χ1n) is 12.9. The number of hydrogen-bond acceptors (Lipinski definition) is 12. The van der Waals surface area contributed by atoms with Crippen LogP contribution in [0.3, 0.4) is 0 Å². The topological polar surface area (TPSA) is 172 Å². The van der Waals surface area contributed by atoms with Gasteiger partial charge in [-0.05, 0) is 24.6 Å². The minimum Gasteiger partial charge on any atom is -0.463 e. The normalized spacial score (nSPS) is 40.8. The largest absolute Gasteiger partial charge is 0.463 e. The molecule has 12 nitrogen and oxygen atoms in total. The van der Waals surface area contributed by atoms with E-state index >= 15 is 0 Å². The molecule has 0 saturated carbocycles. The molecule has 226 valence electrons. The highest BCUT2D eigenvalue weighted by molar-refractivity contribution is 6.23. The van der Waals surface area contributed by atoms with Crippen LogP contribution < -0.4 is 0 Å². The van der Waals surface area contributed by atoms with E-state index in [-0.39, 0.29) is 5.57 Å². The SMILES string of the molecule is C=C1/C=C\[C@@H](OC(C)=O)[C@@]2(C)C=C[C@@H](OC(C)=O)[C@](O)(COC(C)=O)[C@@H]2[C@@H](OC(C)=O)[C@]2(O)[C@@H](C)C(=O)O[C@H]2[C@H]1Cl. The summed E-state index contributed by atoms with van der Waals surface area (Å²) < 4.78 is 27.5. The Morgan fingerprint density at radius 3 is 2.07 bits per heavy atom. The van der Waals surface area contributed by atoms with Crippen molar-refractivity contribution in [2.24, 2.45) is 17.3 Å². The molecule has 41 heavy (non-hydrogen) atoms. The molecule has 10 atom stereocenters. The van der Waals surface area contributed by atoms with E-state index in [2.05, 4.69) is 6.58 Å². The lowest BCUT2D eigenvalue weighted by atomic mass is 9.54. The molecule has 1 fully saturated rings. The van der Waals surface area contributed by atoms with Crippen LogP contribution in [0.4, 0.5) is 0 Å². The van der Waals surface area contributed by atoms with E-state index in [0.717, 1.165) is 27.7 Å². The van der Waals surface area contributed by atoms with Crippen molar-refractivity contribution in [3.05, 3.63) is 36.5 Å². The van der Waals surface area contributed by atoms with Gasteiger partial charge in [0.05, 0.1) is 11.3 Å². The summed E-state index contributed by atoms with van der Waals surface area (Å²) in [5.41, 5.74) is -6.27. The molecule has 0 unspecified atom stereocenters. The molecule has 2 N–H and O–H groups in total. The van der Waals surface area contributed by atoms with Crippen LogP contribution in [0.25, 0.3) is 0 Å². The Bertz CT molecular complexity index is 1190. The first-order chi connectivity index (χ1) is 18.9. The molecule has 2 aliphatic carbocycles. The third-order valence-electron chi connectivity index (χ3n) is 7.94. The number of allylic oxidation sites excluding steroid dienone is 1. The fraction of sp³-hybridized carbons (Fsp3) is 0.607. The molecular formula is C28H35ClO12. The molecule has 1 aliphatic heterocycles. The standard InChI is InChI=1S/C28H35ClO12/c1-13-8-9-19(38-16(4)31)26(7)11-10-20(39-17(5)32)27(35,12-37-15(3)30)22(26)24(40-18(6)33)28(36)14(2)25(34)41-23(28)21(13)29/h8-11,14,19-24,35-36H,1,12H2,2-7H3/b9-8-/t14-,19+,20+,21-,22+,23-,24+,26+,27+,28-/m0/s1. The summed E-state index contributed by atoms with van der Waals surface area (Å²) in [6, 6.07) is 0. The number of rotatable bonds is 5. The highest BCUT2D eigenvalue weighted by Gasteiger charge is 2.71. The van der Waals surface area contributed by atoms with Gasteiger partial charge in [-0.1, -0.05) is 25.7 Å². The molecule has 0 amide bonds. The van der Waals surface area contributed by atoms with Gasteiger partial charge in [0.1, 0.15) is 24.4 Å². The lowest BCUT2D eigenvalue weighted by molar-refractivity contribution is -0.254. The minimum absolute atomic E-state index is 0.172. The molecule has 0 radical (unpaired) electrons. The quantitative estimate of drug-likeness (QED) is 0.201. The smallest absolute Gasteiger partial charge is 0.312 e. The molecule has 0 aromatic carbocycles. The predicted octanol–water partition coefficient (Wildman–Crippen LogP) is 1.29. The van der Waals surface area contributed by atoms with Crippen molar-refractivity contribution in [3.63, 3.8) is 0 Å². The van der Waals surface area contributed by atoms with Crippen LogP contribution in [0.2, 0.25) is 0 Å². The van der Waals surface area contributed by atoms with Crippen LogP contribution >= 0.6 is 11.6 Å². The van der Waals surface area contributed by atoms with Crippen LogP contribution in [0, 0.1) is 17.3 Å². The monoisotopic (exact) mass is 598 g/mol. The van der Waals surface area contributed by atoms with Gasteiger partial charge in [0.25, 0.3) is 0 Å². The zero-order valence-electron chi connectivity index (χ0n) is 23.6. The van der Waals surface area contributed by atoms with Gasteiger partial charge >= 0.3 is 29.8 Å². The van der Waals surface area contributed by atoms with Crippen LogP contribution in [0.1, 0.15) is 41.5 Å². The van der Waals surface area contributed by atoms with Gasteiger partial charge in [-0.2, -0.15) is 0 Å². The highest BCUT2D eigenvalue weighted by atomic mass is 35.5. The summed E-state index contributed by atoms with van der Waals surface area (Å²) in [7, 11) is 0. The molecule has 3 rings (SSSR count). The van der Waals surface area contributed by atoms with Crippen molar-refractivity contribution in [1.82, 2.24) is 0 Å². The molecule has 1 saturated heterocycles. The highest BCUT2D eigenvalue weighted by Crippen LogP contribution is 2.55. The molecule has 0 bridgehead atoms. The zero-order chi connectivity index (χ0) is 31.1. The Kier molecular flexibility index (Phi) is 9.12. The molecule has 13 heteroatoms. The Morgan fingerprint density at radius 2 is 1.54 bits per heavy atom. The number of esters is 5. The van der Waals surface area contributed by atoms with E-state index < -0.39 is 94.7 Å². The van der Waals surface area contributed by atoms with Gasteiger partial charge in [-0.25, -0.2) is 0 Å². The van der Waals surface area contributed by atoms with Crippen LogP contribution in [0.15, 0.2) is 36.5 Å². The number of ether oxygens (including phenoxy) is 5. The second kappa shape index (κ2) is 11.6. The molecular weight excluding hydrogens is 564 g/mol. The van der Waals surface area contributed by atoms with Crippen LogP contribution in [0.5, 0.6) is 0 Å². The fourth-order valence-electron chi connectivity index (χ4n) is 5.97. The van der Waals surface area contributed by atoms with E-state index in [1.165, 1.54) is 38.2 Å². The van der Waals surface area contributed by atoms with Gasteiger partial charge < -0.3 is 33.9 Å². The summed E-state index contributed by atoms with van der Waals surface area (Å²) in [4.78, 5) is 61.9. The molecule has 0 aromatic rings. The van der Waals surface area contributed by atoms with E-state index in [1.54, 1.807) is 0 Å². The predicted molar refractivity (Wildman–Crippen MR) is 141 cm³/mol. The van der Waals surface area contributed by atoms with Gasteiger partial charge in [0, 0.05) is 39.0 Å². The van der Waals surface area contributed by atoms with E-state index in [9.17, 15) is 34.2 Å². The second-order valence-electron chi connectivity index (χ2n) is 10.9. The first-order valence-corrected chi connectivity index (χ1v) is 13.3. The Balaban J connectivity index is 2.48. The maximum Gasteiger partial charge on any atom is 0.312 e. The minimum atomic E-state index is -2.43. The lowest BCUT2D eigenvalue weighted by Gasteiger charge is -2.57. The van der Waals surface area contributed by atoms with Crippen molar-refractivity contribution >= 4 is 41.4 Å². The average Bonchev–Trinajstić information content (AvgIpc) is 3.09. The summed E-state index contributed by atoms with van der Waals surface area (Å²) in [6.07, 6.45) is -0.489. The summed E-state index contributed by atoms with van der Waals surface area (Å²) in [6.45, 7) is 10.3. The average molecular weight is 599 g/mol. The third-order valence-corrected chi connectivity index (χ3v) is 8.45. The van der Waals surface area contributed by atoms with Crippen molar-refractivity contribution in [2.75, 3.05) is 6.61 Å². The summed E-state index contributed by atoms with van der Waals surface area (Å²) in [5.74, 6) is -7.11. The van der Waals surface area contributed by atoms with Gasteiger partial charge in [-0.3, -0.25) is 24.0 Å². The number of carbonyl (C=O) groups is 5. The lowest BCUT2D eigenvalue weighted by Crippen LogP contribution is -2.72. The molecule has 0 aromatic heterocycles. The second-order valence-corrected chi connectivity index (χ2v) is 11.3. The number of fused-ring (bicyclic) bond motifs is 2. The van der Waals surface area contributed by atoms with E-state index in [4.69, 9.17) is 35.3 Å². The van der Waals surface area contributed by atoms with Crippen molar-refractivity contribution in [1.29, 1.82) is 0 Å². The number of carbonyl (C=O) groups excluding carboxylic acids is 5. The van der Waals surface area contributed by atoms with Crippen LogP contribution in [-0.2, 0) is 47.7 Å². The van der Waals surface area contributed by atoms with E-state index in [0.29, 0.717) is 0 Å². The number of alkyl halides is 1. The van der Waals surface area contributed by atoms with Gasteiger partial charge in [0.15, 0.2) is 17.8 Å². The first kappa shape index (κ1) is 32.3. The van der Waals surface area contributed by atoms with E-state index in [1.807, 2.05) is 0 Å². The number of aliphatic hydroxyl groups is 2. The molecule has 1 heterocycles. The number of halogens is 1. The maximum absolute atomic E-state index is 12.9. The maximum atomic E-state index is 12.9.